The van der Waals surface area contributed by atoms with Crippen LogP contribution < -0.4 is 24.1 Å². The van der Waals surface area contributed by atoms with Gasteiger partial charge in [0.15, 0.2) is 11.5 Å². The first-order valence-electron chi connectivity index (χ1n) is 15.6. The fourth-order valence-electron chi connectivity index (χ4n) is 6.02. The van der Waals surface area contributed by atoms with Crippen LogP contribution in [0.4, 0.5) is 0 Å². The molecular formula is C35H42NO8P. The van der Waals surface area contributed by atoms with E-state index >= 15 is 0 Å². The molecule has 5 rings (SSSR count). The highest BCUT2D eigenvalue weighted by molar-refractivity contribution is 7.39. The van der Waals surface area contributed by atoms with Gasteiger partial charge in [0.2, 0.25) is 6.79 Å². The quantitative estimate of drug-likeness (QED) is 0.0993. The van der Waals surface area contributed by atoms with Gasteiger partial charge in [0.1, 0.15) is 24.2 Å². The number of esters is 1. The fourth-order valence-corrected chi connectivity index (χ4v) is 6.33. The second-order valence-corrected chi connectivity index (χ2v) is 12.1. The highest BCUT2D eigenvalue weighted by Gasteiger charge is 2.20. The first kappa shape index (κ1) is 32.8. The second kappa shape index (κ2) is 16.1. The maximum absolute atomic E-state index is 11.8. The molecular weight excluding hydrogens is 593 g/mol. The highest BCUT2D eigenvalue weighted by Crippen LogP contribution is 2.40. The molecule has 0 amide bonds. The van der Waals surface area contributed by atoms with E-state index in [1.807, 2.05) is 54.6 Å². The van der Waals surface area contributed by atoms with Crippen LogP contribution in [0.15, 0.2) is 66.7 Å². The molecule has 1 atom stereocenters. The summed E-state index contributed by atoms with van der Waals surface area (Å²) in [6, 6.07) is 21.1. The molecule has 0 bridgehead atoms. The predicted molar refractivity (Wildman–Crippen MR) is 174 cm³/mol. The molecule has 240 valence electrons. The monoisotopic (exact) mass is 635 g/mol. The van der Waals surface area contributed by atoms with Gasteiger partial charge in [-0.25, -0.2) is 0 Å². The zero-order valence-corrected chi connectivity index (χ0v) is 26.8. The maximum atomic E-state index is 11.8. The minimum Gasteiger partial charge on any atom is -0.490 e. The number of benzene rings is 3. The van der Waals surface area contributed by atoms with Gasteiger partial charge in [0, 0.05) is 13.5 Å². The molecule has 0 saturated heterocycles. The minimum absolute atomic E-state index is 0.201. The van der Waals surface area contributed by atoms with E-state index in [0.717, 1.165) is 46.6 Å². The van der Waals surface area contributed by atoms with Crippen LogP contribution in [-0.4, -0.2) is 48.3 Å². The third kappa shape index (κ3) is 9.21. The molecule has 1 aliphatic carbocycles. The van der Waals surface area contributed by atoms with E-state index in [-0.39, 0.29) is 19.4 Å². The number of allylic oxidation sites excluding steroid dienone is 1. The summed E-state index contributed by atoms with van der Waals surface area (Å²) in [7, 11) is -2.51. The van der Waals surface area contributed by atoms with Gasteiger partial charge in [-0.05, 0) is 96.0 Å². The van der Waals surface area contributed by atoms with Crippen molar-refractivity contribution in [3.63, 3.8) is 0 Å². The average Bonchev–Trinajstić information content (AvgIpc) is 3.51. The smallest absolute Gasteiger partial charge is 0.391 e. The normalized spacial score (nSPS) is 15.8. The first-order valence-corrected chi connectivity index (χ1v) is 16.8. The Bertz CT molecular complexity index is 1440. The van der Waals surface area contributed by atoms with Crippen LogP contribution in [0.1, 0.15) is 69.1 Å². The third-order valence-corrected chi connectivity index (χ3v) is 8.52. The second-order valence-electron chi connectivity index (χ2n) is 11.4. The molecule has 0 spiro atoms. The number of ether oxygens (including phenoxy) is 4. The van der Waals surface area contributed by atoms with Crippen LogP contribution in [-0.2, 0) is 9.53 Å². The lowest BCUT2D eigenvalue weighted by Gasteiger charge is -2.24. The molecule has 2 aliphatic rings. The van der Waals surface area contributed by atoms with Crippen molar-refractivity contribution in [2.24, 2.45) is 5.92 Å². The van der Waals surface area contributed by atoms with Crippen molar-refractivity contribution in [1.29, 1.82) is 0 Å². The van der Waals surface area contributed by atoms with Crippen molar-refractivity contribution in [2.75, 3.05) is 26.5 Å². The number of fused-ring (bicyclic) bond motifs is 1. The zero-order chi connectivity index (χ0) is 31.6. The Hall–Kier alpha value is -3.62. The minimum atomic E-state index is -2.51. The Morgan fingerprint density at radius 3 is 2.20 bits per heavy atom. The molecule has 3 aromatic carbocycles. The predicted octanol–water partition coefficient (Wildman–Crippen LogP) is 6.86. The van der Waals surface area contributed by atoms with Gasteiger partial charge >= 0.3 is 14.6 Å². The van der Waals surface area contributed by atoms with Gasteiger partial charge < -0.3 is 38.6 Å². The lowest BCUT2D eigenvalue weighted by atomic mass is 9.88. The van der Waals surface area contributed by atoms with E-state index in [2.05, 4.69) is 12.2 Å². The molecule has 1 aliphatic heterocycles. The lowest BCUT2D eigenvalue weighted by Crippen LogP contribution is -2.37. The van der Waals surface area contributed by atoms with Crippen molar-refractivity contribution >= 4 is 25.7 Å². The summed E-state index contributed by atoms with van der Waals surface area (Å²) in [6.45, 7) is 5.46. The SMILES string of the molecule is CCC(=C(c1ccc(OCC(CNCC2CCCCC2)OC(C)=O)cc1)c1ccc(OP(O)O)cc1)c1ccc2c(c1)OCO2. The summed E-state index contributed by atoms with van der Waals surface area (Å²) in [4.78, 5) is 30.3. The van der Waals surface area contributed by atoms with Crippen molar-refractivity contribution in [3.05, 3.63) is 83.4 Å². The van der Waals surface area contributed by atoms with Crippen molar-refractivity contribution < 1.29 is 38.1 Å². The topological polar surface area (TPSA) is 116 Å². The zero-order valence-electron chi connectivity index (χ0n) is 25.9. The highest BCUT2D eigenvalue weighted by atomic mass is 31.2. The molecule has 1 fully saturated rings. The van der Waals surface area contributed by atoms with E-state index in [0.29, 0.717) is 29.7 Å². The van der Waals surface area contributed by atoms with Crippen LogP contribution in [0, 0.1) is 5.92 Å². The van der Waals surface area contributed by atoms with E-state index in [1.165, 1.54) is 39.0 Å². The summed E-state index contributed by atoms with van der Waals surface area (Å²) in [6.07, 6.45) is 6.76. The van der Waals surface area contributed by atoms with Gasteiger partial charge in [0.05, 0.1) is 0 Å². The number of carbonyl (C=O) groups excluding carboxylic acids is 1. The van der Waals surface area contributed by atoms with Gasteiger partial charge in [0.25, 0.3) is 0 Å². The Morgan fingerprint density at radius 1 is 0.911 bits per heavy atom. The average molecular weight is 636 g/mol. The molecule has 10 heteroatoms. The number of rotatable bonds is 14. The third-order valence-electron chi connectivity index (χ3n) is 8.15. The van der Waals surface area contributed by atoms with Crippen LogP contribution in [0.2, 0.25) is 0 Å². The van der Waals surface area contributed by atoms with Crippen LogP contribution in [0.3, 0.4) is 0 Å². The summed E-state index contributed by atoms with van der Waals surface area (Å²) in [5.41, 5.74) is 5.03. The Morgan fingerprint density at radius 2 is 1.56 bits per heavy atom. The molecule has 1 saturated carbocycles. The summed E-state index contributed by atoms with van der Waals surface area (Å²) in [5.74, 6) is 2.83. The Balaban J connectivity index is 1.35. The van der Waals surface area contributed by atoms with Gasteiger partial charge in [-0.2, -0.15) is 0 Å². The summed E-state index contributed by atoms with van der Waals surface area (Å²) < 4.78 is 27.9. The van der Waals surface area contributed by atoms with Crippen molar-refractivity contribution in [1.82, 2.24) is 5.32 Å². The first-order chi connectivity index (χ1) is 21.9. The van der Waals surface area contributed by atoms with Crippen LogP contribution in [0.5, 0.6) is 23.0 Å². The molecule has 1 heterocycles. The van der Waals surface area contributed by atoms with Crippen molar-refractivity contribution in [3.8, 4) is 23.0 Å². The largest absolute Gasteiger partial charge is 0.490 e. The standard InChI is InChI=1S/C35H42NO8P/c1-3-32(28-13-18-33-34(19-28)42-23-41-33)35(27-11-16-30(17-12-27)44-45(38)39)26-9-14-29(15-10-26)40-22-31(43-24(2)37)21-36-20-25-7-5-4-6-8-25/h9-19,25,31,36,38-39H,3-8,20-23H2,1-2H3. The molecule has 1 unspecified atom stereocenters. The van der Waals surface area contributed by atoms with Gasteiger partial charge in [-0.15, -0.1) is 0 Å². The number of hydrogen-bond donors (Lipinski definition) is 3. The van der Waals surface area contributed by atoms with Crippen LogP contribution in [0.25, 0.3) is 11.1 Å². The lowest BCUT2D eigenvalue weighted by molar-refractivity contribution is -0.147. The van der Waals surface area contributed by atoms with Crippen molar-refractivity contribution in [2.45, 2.75) is 58.5 Å². The molecule has 9 nitrogen and oxygen atoms in total. The molecule has 3 N–H and O–H groups in total. The number of nitrogens with one attached hydrogen (secondary N) is 1. The van der Waals surface area contributed by atoms with E-state index in [4.69, 9.17) is 23.5 Å². The van der Waals surface area contributed by atoms with E-state index < -0.39 is 14.7 Å². The molecule has 45 heavy (non-hydrogen) atoms. The summed E-state index contributed by atoms with van der Waals surface area (Å²) >= 11 is 0. The molecule has 0 aromatic heterocycles. The molecule has 0 radical (unpaired) electrons. The fraction of sp³-hybridized carbons (Fsp3) is 0.400. The summed E-state index contributed by atoms with van der Waals surface area (Å²) in [5, 5.41) is 3.49. The number of carbonyl (C=O) groups is 1. The maximum Gasteiger partial charge on any atom is 0.391 e. The Kier molecular flexibility index (Phi) is 11.7. The van der Waals surface area contributed by atoms with Gasteiger partial charge in [-0.1, -0.05) is 56.5 Å². The van der Waals surface area contributed by atoms with E-state index in [1.54, 1.807) is 12.1 Å². The van der Waals surface area contributed by atoms with Gasteiger partial charge in [-0.3, -0.25) is 4.79 Å². The number of hydrogen-bond acceptors (Lipinski definition) is 9. The molecule has 3 aromatic rings. The van der Waals surface area contributed by atoms with Crippen LogP contribution >= 0.6 is 8.60 Å². The van der Waals surface area contributed by atoms with E-state index in [9.17, 15) is 14.6 Å². The Labute approximate surface area is 266 Å².